The zero-order valence-corrected chi connectivity index (χ0v) is 12.5. The fourth-order valence-electron chi connectivity index (χ4n) is 1.92. The molecule has 108 valence electrons. The highest BCUT2D eigenvalue weighted by molar-refractivity contribution is 7.80. The van der Waals surface area contributed by atoms with Crippen molar-refractivity contribution in [2.45, 2.75) is 13.3 Å². The molecular weight excluding hydrogens is 282 g/mol. The Morgan fingerprint density at radius 2 is 1.76 bits per heavy atom. The van der Waals surface area contributed by atoms with Crippen molar-refractivity contribution in [1.82, 2.24) is 0 Å². The molecule has 0 bridgehead atoms. The molecule has 0 unspecified atom stereocenters. The largest absolute Gasteiger partial charge is 0.366 e. The van der Waals surface area contributed by atoms with Gasteiger partial charge in [-0.15, -0.1) is 0 Å². The van der Waals surface area contributed by atoms with Crippen molar-refractivity contribution in [2.24, 2.45) is 5.73 Å². The molecule has 21 heavy (non-hydrogen) atoms. The number of carbonyl (C=O) groups excluding carboxylic acids is 1. The minimum atomic E-state index is -0.492. The number of nitrogens with two attached hydrogens (primary N) is 1. The fraction of sp³-hybridized carbons (Fsp3) is 0.125. The molecule has 0 aromatic heterocycles. The Balaban J connectivity index is 2.06. The Morgan fingerprint density at radius 3 is 2.38 bits per heavy atom. The first kappa shape index (κ1) is 15.0. The van der Waals surface area contributed by atoms with Crippen LogP contribution in [0.2, 0.25) is 0 Å². The Kier molecular flexibility index (Phi) is 4.90. The van der Waals surface area contributed by atoms with Crippen LogP contribution in [-0.2, 0) is 6.42 Å². The summed E-state index contributed by atoms with van der Waals surface area (Å²) < 4.78 is 0. The third-order valence-electron chi connectivity index (χ3n) is 3.06. The minimum absolute atomic E-state index is 0.406. The van der Waals surface area contributed by atoms with Crippen LogP contribution < -0.4 is 16.4 Å². The highest BCUT2D eigenvalue weighted by Crippen LogP contribution is 2.15. The van der Waals surface area contributed by atoms with E-state index in [1.54, 1.807) is 18.2 Å². The minimum Gasteiger partial charge on any atom is -0.366 e. The van der Waals surface area contributed by atoms with Crippen molar-refractivity contribution < 1.29 is 4.79 Å². The smallest absolute Gasteiger partial charge is 0.250 e. The van der Waals surface area contributed by atoms with E-state index in [1.807, 2.05) is 30.3 Å². The van der Waals surface area contributed by atoms with Crippen molar-refractivity contribution in [2.75, 3.05) is 10.6 Å². The first-order chi connectivity index (χ1) is 10.1. The average Bonchev–Trinajstić information content (AvgIpc) is 2.48. The summed E-state index contributed by atoms with van der Waals surface area (Å²) in [5, 5.41) is 6.47. The van der Waals surface area contributed by atoms with E-state index in [2.05, 4.69) is 17.6 Å². The summed E-state index contributed by atoms with van der Waals surface area (Å²) in [4.78, 5) is 11.4. The summed E-state index contributed by atoms with van der Waals surface area (Å²) in [6.45, 7) is 2.11. The first-order valence-electron chi connectivity index (χ1n) is 6.66. The molecule has 0 aliphatic rings. The van der Waals surface area contributed by atoms with Crippen molar-refractivity contribution in [3.05, 3.63) is 59.7 Å². The summed E-state index contributed by atoms with van der Waals surface area (Å²) in [5.41, 5.74) is 8.48. The lowest BCUT2D eigenvalue weighted by Crippen LogP contribution is -2.22. The van der Waals surface area contributed by atoms with E-state index in [1.165, 1.54) is 5.56 Å². The number of benzene rings is 2. The lowest BCUT2D eigenvalue weighted by molar-refractivity contribution is 0.100. The van der Waals surface area contributed by atoms with Gasteiger partial charge in [-0.1, -0.05) is 31.2 Å². The van der Waals surface area contributed by atoms with E-state index in [-0.39, 0.29) is 0 Å². The molecule has 0 saturated carbocycles. The molecule has 0 saturated heterocycles. The van der Waals surface area contributed by atoms with Crippen molar-refractivity contribution >= 4 is 34.6 Å². The summed E-state index contributed by atoms with van der Waals surface area (Å²) in [6, 6.07) is 15.0. The molecule has 2 rings (SSSR count). The second kappa shape index (κ2) is 6.85. The molecule has 5 heteroatoms. The number of carbonyl (C=O) groups is 1. The Morgan fingerprint density at radius 1 is 1.10 bits per heavy atom. The molecule has 0 radical (unpaired) electrons. The van der Waals surface area contributed by atoms with Gasteiger partial charge in [0.1, 0.15) is 0 Å². The zero-order valence-electron chi connectivity index (χ0n) is 11.7. The molecule has 4 N–H and O–H groups in total. The lowest BCUT2D eigenvalue weighted by Gasteiger charge is -2.13. The van der Waals surface area contributed by atoms with Gasteiger partial charge >= 0.3 is 0 Å². The number of primary amides is 1. The third-order valence-corrected chi connectivity index (χ3v) is 3.26. The predicted octanol–water partition coefficient (Wildman–Crippen LogP) is 3.16. The third kappa shape index (κ3) is 4.03. The quantitative estimate of drug-likeness (QED) is 0.759. The van der Waals surface area contributed by atoms with Gasteiger partial charge in [0.15, 0.2) is 5.11 Å². The number of hydrogen-bond acceptors (Lipinski definition) is 2. The predicted molar refractivity (Wildman–Crippen MR) is 90.6 cm³/mol. The van der Waals surface area contributed by atoms with Crippen molar-refractivity contribution in [3.63, 3.8) is 0 Å². The van der Waals surface area contributed by atoms with Crippen LogP contribution in [0.25, 0.3) is 0 Å². The second-order valence-corrected chi connectivity index (χ2v) is 4.95. The van der Waals surface area contributed by atoms with E-state index < -0.39 is 5.91 Å². The van der Waals surface area contributed by atoms with E-state index in [9.17, 15) is 4.79 Å². The lowest BCUT2D eigenvalue weighted by atomic mass is 10.1. The zero-order chi connectivity index (χ0) is 15.2. The van der Waals surface area contributed by atoms with E-state index >= 15 is 0 Å². The topological polar surface area (TPSA) is 67.2 Å². The normalized spacial score (nSPS) is 9.95. The summed E-state index contributed by atoms with van der Waals surface area (Å²) in [7, 11) is 0. The Bertz CT molecular complexity index is 653. The summed E-state index contributed by atoms with van der Waals surface area (Å²) in [6.07, 6.45) is 0.995. The van der Waals surface area contributed by atoms with Crippen LogP contribution in [0, 0.1) is 0 Å². The van der Waals surface area contributed by atoms with Gasteiger partial charge in [0.25, 0.3) is 5.91 Å². The number of rotatable bonds is 4. The Labute approximate surface area is 129 Å². The molecule has 0 aliphatic heterocycles. The maximum atomic E-state index is 11.4. The van der Waals surface area contributed by atoms with Gasteiger partial charge in [-0.2, -0.15) is 0 Å². The molecule has 0 heterocycles. The van der Waals surface area contributed by atoms with Crippen molar-refractivity contribution in [3.8, 4) is 0 Å². The van der Waals surface area contributed by atoms with Crippen LogP contribution in [0.5, 0.6) is 0 Å². The average molecular weight is 299 g/mol. The second-order valence-electron chi connectivity index (χ2n) is 4.54. The van der Waals surface area contributed by atoms with Crippen LogP contribution >= 0.6 is 12.2 Å². The van der Waals surface area contributed by atoms with Crippen LogP contribution in [0.3, 0.4) is 0 Å². The molecule has 0 fully saturated rings. The van der Waals surface area contributed by atoms with E-state index in [4.69, 9.17) is 18.0 Å². The molecule has 0 spiro atoms. The number of thiocarbonyl (C=S) groups is 1. The van der Waals surface area contributed by atoms with Gasteiger partial charge in [0.2, 0.25) is 0 Å². The van der Waals surface area contributed by atoms with Crippen molar-refractivity contribution in [1.29, 1.82) is 0 Å². The molecular formula is C16H17N3OS. The number of amides is 1. The standard InChI is InChI=1S/C16H17N3OS/c1-2-11-7-9-12(10-8-11)18-16(21)19-14-6-4-3-5-13(14)15(17)20/h3-10H,2H2,1H3,(H2,17,20)(H2,18,19,21). The van der Waals surface area contributed by atoms with Gasteiger partial charge in [0, 0.05) is 5.69 Å². The fourth-order valence-corrected chi connectivity index (χ4v) is 2.14. The highest BCUT2D eigenvalue weighted by atomic mass is 32.1. The van der Waals surface area contributed by atoms with Gasteiger partial charge < -0.3 is 16.4 Å². The number of anilines is 2. The maximum absolute atomic E-state index is 11.4. The maximum Gasteiger partial charge on any atom is 0.250 e. The highest BCUT2D eigenvalue weighted by Gasteiger charge is 2.08. The van der Waals surface area contributed by atoms with Gasteiger partial charge in [-0.05, 0) is 48.5 Å². The van der Waals surface area contributed by atoms with E-state index in [0.717, 1.165) is 12.1 Å². The number of aryl methyl sites for hydroxylation is 1. The monoisotopic (exact) mass is 299 g/mol. The molecule has 4 nitrogen and oxygen atoms in total. The first-order valence-corrected chi connectivity index (χ1v) is 7.06. The van der Waals surface area contributed by atoms with Crippen LogP contribution in [0.4, 0.5) is 11.4 Å². The summed E-state index contributed by atoms with van der Waals surface area (Å²) >= 11 is 5.25. The number of hydrogen-bond donors (Lipinski definition) is 3. The van der Waals surface area contributed by atoms with Crippen LogP contribution in [0.1, 0.15) is 22.8 Å². The molecule has 2 aromatic carbocycles. The van der Waals surface area contributed by atoms with Gasteiger partial charge in [-0.25, -0.2) is 0 Å². The number of nitrogens with one attached hydrogen (secondary N) is 2. The van der Waals surface area contributed by atoms with Crippen LogP contribution in [-0.4, -0.2) is 11.0 Å². The molecule has 2 aromatic rings. The van der Waals surface area contributed by atoms with Gasteiger partial charge in [0.05, 0.1) is 11.3 Å². The van der Waals surface area contributed by atoms with E-state index in [0.29, 0.717) is 16.4 Å². The SMILES string of the molecule is CCc1ccc(NC(=S)Nc2ccccc2C(N)=O)cc1. The molecule has 0 aliphatic carbocycles. The number of para-hydroxylation sites is 1. The molecule has 0 atom stereocenters. The van der Waals surface area contributed by atoms with Crippen LogP contribution in [0.15, 0.2) is 48.5 Å². The van der Waals surface area contributed by atoms with Gasteiger partial charge in [-0.3, -0.25) is 4.79 Å². The summed E-state index contributed by atoms with van der Waals surface area (Å²) in [5.74, 6) is -0.492. The Hall–Kier alpha value is -2.40. The molecule has 1 amide bonds.